The van der Waals surface area contributed by atoms with Crippen molar-refractivity contribution in [3.63, 3.8) is 0 Å². The van der Waals surface area contributed by atoms with Crippen molar-refractivity contribution in [1.29, 1.82) is 0 Å². The molecule has 0 fully saturated rings. The maximum Gasteiger partial charge on any atom is 0.0527 e. The Morgan fingerprint density at radius 3 is 1.55 bits per heavy atom. The van der Waals surface area contributed by atoms with Crippen molar-refractivity contribution >= 4 is 0 Å². The van der Waals surface area contributed by atoms with Gasteiger partial charge in [0.05, 0.1) is 13.2 Å². The monoisotopic (exact) mass is 152 g/mol. The maximum atomic E-state index is 8.89. The van der Waals surface area contributed by atoms with Gasteiger partial charge in [-0.1, -0.05) is 0 Å². The van der Waals surface area contributed by atoms with Crippen molar-refractivity contribution in [3.05, 3.63) is 0 Å². The lowest BCUT2D eigenvalue weighted by atomic mass is 9.83. The molecule has 0 radical (unpaired) electrons. The van der Waals surface area contributed by atoms with Crippen LogP contribution < -0.4 is 0 Å². The summed E-state index contributed by atoms with van der Waals surface area (Å²) >= 11 is 0. The molecule has 2 N–H and O–H groups in total. The predicted molar refractivity (Wildman–Crippen MR) is 43.5 cm³/mol. The molecule has 0 bridgehead atoms. The highest BCUT2D eigenvalue weighted by Gasteiger charge is 2.26. The minimum atomic E-state index is -0.677. The third-order valence-electron chi connectivity index (χ3n) is 1.62. The van der Waals surface area contributed by atoms with Crippen LogP contribution in [0.4, 0.5) is 0 Å². The third kappa shape index (κ3) is 2.63. The van der Waals surface area contributed by atoms with Crippen LogP contribution in [0.25, 0.3) is 0 Å². The second-order valence-corrected chi connectivity index (χ2v) is 2.58. The molecule has 0 unspecified atom stereocenters. The Hall–Kier alpha value is -0.960. The smallest absolute Gasteiger partial charge is 0.0527 e. The van der Waals surface area contributed by atoms with Crippen LogP contribution in [0.15, 0.2) is 0 Å². The molecule has 0 aliphatic carbocycles. The number of terminal acetylenes is 2. The van der Waals surface area contributed by atoms with Gasteiger partial charge in [0.25, 0.3) is 0 Å². The molecule has 0 spiro atoms. The Kier molecular flexibility index (Phi) is 4.38. The summed E-state index contributed by atoms with van der Waals surface area (Å²) in [7, 11) is 0. The number of hydrogen-bond donors (Lipinski definition) is 2. The molecule has 0 amide bonds. The Labute approximate surface area is 67.2 Å². The summed E-state index contributed by atoms with van der Waals surface area (Å²) < 4.78 is 0. The van der Waals surface area contributed by atoms with E-state index in [-0.39, 0.29) is 13.2 Å². The molecule has 0 aromatic carbocycles. The summed E-state index contributed by atoms with van der Waals surface area (Å²) in [6.45, 7) is -0.338. The third-order valence-corrected chi connectivity index (χ3v) is 1.62. The number of hydrogen-bond acceptors (Lipinski definition) is 2. The summed E-state index contributed by atoms with van der Waals surface area (Å²) in [5, 5.41) is 17.8. The molecule has 0 heterocycles. The quantitative estimate of drug-likeness (QED) is 0.557. The summed E-state index contributed by atoms with van der Waals surface area (Å²) in [5.74, 6) is 4.76. The van der Waals surface area contributed by atoms with Crippen LogP contribution in [0.5, 0.6) is 0 Å². The normalized spacial score (nSPS) is 10.2. The second-order valence-electron chi connectivity index (χ2n) is 2.58. The van der Waals surface area contributed by atoms with Crippen LogP contribution in [-0.2, 0) is 0 Å². The first-order valence-corrected chi connectivity index (χ1v) is 3.33. The first kappa shape index (κ1) is 10.0. The lowest BCUT2D eigenvalue weighted by molar-refractivity contribution is 0.0629. The van der Waals surface area contributed by atoms with Gasteiger partial charge in [0, 0.05) is 18.3 Å². The van der Waals surface area contributed by atoms with E-state index in [4.69, 9.17) is 23.1 Å². The fourth-order valence-electron chi connectivity index (χ4n) is 0.769. The minimum Gasteiger partial charge on any atom is -0.396 e. The molecule has 0 aromatic rings. The van der Waals surface area contributed by atoms with Gasteiger partial charge in [-0.05, 0) is 0 Å². The van der Waals surface area contributed by atoms with Crippen LogP contribution in [0.1, 0.15) is 12.8 Å². The van der Waals surface area contributed by atoms with Gasteiger partial charge in [0.15, 0.2) is 0 Å². The molecule has 0 rings (SSSR count). The number of aliphatic hydroxyl groups excluding tert-OH is 2. The standard InChI is InChI=1S/C9H12O2/c1-3-5-9(7-10,8-11)6-4-2/h1-2,10-11H,5-8H2. The van der Waals surface area contributed by atoms with Gasteiger partial charge in [-0.2, -0.15) is 0 Å². The van der Waals surface area contributed by atoms with Crippen LogP contribution in [-0.4, -0.2) is 23.4 Å². The largest absolute Gasteiger partial charge is 0.396 e. The lowest BCUT2D eigenvalue weighted by Gasteiger charge is -2.24. The molecule has 0 aromatic heterocycles. The maximum absolute atomic E-state index is 8.89. The average molecular weight is 152 g/mol. The van der Waals surface area contributed by atoms with Gasteiger partial charge < -0.3 is 10.2 Å². The number of rotatable bonds is 4. The predicted octanol–water partition coefficient (Wildman–Crippen LogP) is 0.00400. The summed E-state index contributed by atoms with van der Waals surface area (Å²) in [6, 6.07) is 0. The molecule has 60 valence electrons. The molecule has 11 heavy (non-hydrogen) atoms. The van der Waals surface area contributed by atoms with Crippen molar-refractivity contribution in [2.75, 3.05) is 13.2 Å². The van der Waals surface area contributed by atoms with E-state index in [9.17, 15) is 0 Å². The first-order valence-electron chi connectivity index (χ1n) is 3.33. The zero-order valence-corrected chi connectivity index (χ0v) is 6.38. The van der Waals surface area contributed by atoms with Crippen molar-refractivity contribution in [2.45, 2.75) is 12.8 Å². The van der Waals surface area contributed by atoms with Crippen LogP contribution in [0.3, 0.4) is 0 Å². The zero-order chi connectivity index (χ0) is 8.74. The molecular weight excluding hydrogens is 140 g/mol. The van der Waals surface area contributed by atoms with Gasteiger partial charge >= 0.3 is 0 Å². The fourth-order valence-corrected chi connectivity index (χ4v) is 0.769. The van der Waals surface area contributed by atoms with E-state index < -0.39 is 5.41 Å². The van der Waals surface area contributed by atoms with E-state index >= 15 is 0 Å². The molecular formula is C9H12O2. The molecule has 0 aliphatic heterocycles. The van der Waals surface area contributed by atoms with Crippen LogP contribution in [0, 0.1) is 30.1 Å². The lowest BCUT2D eigenvalue weighted by Crippen LogP contribution is -2.28. The Morgan fingerprint density at radius 2 is 1.36 bits per heavy atom. The van der Waals surface area contributed by atoms with E-state index in [2.05, 4.69) is 11.8 Å². The molecule has 2 heteroatoms. The zero-order valence-electron chi connectivity index (χ0n) is 6.38. The summed E-state index contributed by atoms with van der Waals surface area (Å²) in [5.41, 5.74) is -0.677. The summed E-state index contributed by atoms with van der Waals surface area (Å²) in [4.78, 5) is 0. The summed E-state index contributed by atoms with van der Waals surface area (Å²) in [6.07, 6.45) is 10.7. The van der Waals surface area contributed by atoms with E-state index in [0.29, 0.717) is 12.8 Å². The molecule has 0 saturated heterocycles. The topological polar surface area (TPSA) is 40.5 Å². The van der Waals surface area contributed by atoms with E-state index in [0.717, 1.165) is 0 Å². The number of aliphatic hydroxyl groups is 2. The Morgan fingerprint density at radius 1 is 1.00 bits per heavy atom. The Balaban J connectivity index is 4.25. The van der Waals surface area contributed by atoms with E-state index in [1.807, 2.05) is 0 Å². The molecule has 0 saturated carbocycles. The molecule has 0 aliphatic rings. The van der Waals surface area contributed by atoms with Gasteiger partial charge in [-0.15, -0.1) is 24.7 Å². The van der Waals surface area contributed by atoms with Gasteiger partial charge in [0.2, 0.25) is 0 Å². The highest BCUT2D eigenvalue weighted by Crippen LogP contribution is 2.23. The molecule has 2 nitrogen and oxygen atoms in total. The highest BCUT2D eigenvalue weighted by molar-refractivity contribution is 5.01. The molecule has 0 atom stereocenters. The van der Waals surface area contributed by atoms with Gasteiger partial charge in [-0.3, -0.25) is 0 Å². The van der Waals surface area contributed by atoms with E-state index in [1.165, 1.54) is 0 Å². The van der Waals surface area contributed by atoms with Crippen LogP contribution >= 0.6 is 0 Å². The van der Waals surface area contributed by atoms with Crippen molar-refractivity contribution in [3.8, 4) is 24.7 Å². The van der Waals surface area contributed by atoms with Crippen LogP contribution in [0.2, 0.25) is 0 Å². The second kappa shape index (κ2) is 4.79. The van der Waals surface area contributed by atoms with E-state index in [1.54, 1.807) is 0 Å². The Bertz CT molecular complexity index is 161. The SMILES string of the molecule is C#CCC(CO)(CO)CC#C. The van der Waals surface area contributed by atoms with Gasteiger partial charge in [-0.25, -0.2) is 0 Å². The first-order chi connectivity index (χ1) is 5.24. The van der Waals surface area contributed by atoms with Gasteiger partial charge in [0.1, 0.15) is 0 Å². The van der Waals surface area contributed by atoms with Crippen molar-refractivity contribution in [2.24, 2.45) is 5.41 Å². The van der Waals surface area contributed by atoms with Crippen molar-refractivity contribution < 1.29 is 10.2 Å². The minimum absolute atomic E-state index is 0.169. The highest BCUT2D eigenvalue weighted by atomic mass is 16.3. The average Bonchev–Trinajstić information content (AvgIpc) is 2.04. The fraction of sp³-hybridized carbons (Fsp3) is 0.556. The van der Waals surface area contributed by atoms with Crippen molar-refractivity contribution in [1.82, 2.24) is 0 Å².